The van der Waals surface area contributed by atoms with Crippen LogP contribution in [-0.2, 0) is 4.79 Å². The third-order valence-corrected chi connectivity index (χ3v) is 3.85. The van der Waals surface area contributed by atoms with E-state index in [0.29, 0.717) is 4.90 Å². The van der Waals surface area contributed by atoms with Crippen LogP contribution in [0.15, 0.2) is 42.5 Å². The molecule has 0 atom stereocenters. The minimum absolute atomic E-state index is 0.00634. The van der Waals surface area contributed by atoms with Gasteiger partial charge in [0, 0.05) is 23.3 Å². The predicted molar refractivity (Wildman–Crippen MR) is 86.0 cm³/mol. The molecule has 0 bridgehead atoms. The number of carbonyl (C=O) groups is 4. The third-order valence-electron chi connectivity index (χ3n) is 3.85. The van der Waals surface area contributed by atoms with Gasteiger partial charge in [0.15, 0.2) is 5.78 Å². The highest BCUT2D eigenvalue weighted by Crippen LogP contribution is 2.25. The first-order valence-corrected chi connectivity index (χ1v) is 7.31. The fraction of sp³-hybridized carbons (Fsp3) is 0.0588. The Morgan fingerprint density at radius 2 is 1.65 bits per heavy atom. The number of hydrogen-bond acceptors (Lipinski definition) is 6. The smallest absolute Gasteiger partial charge is 0.323 e. The van der Waals surface area contributed by atoms with Crippen LogP contribution >= 0.6 is 0 Å². The lowest BCUT2D eigenvalue weighted by molar-refractivity contribution is -0.384. The molecular formula is C17H10N2O7. The molecule has 130 valence electrons. The second-order valence-corrected chi connectivity index (χ2v) is 5.49. The lowest BCUT2D eigenvalue weighted by Gasteiger charge is -2.09. The second kappa shape index (κ2) is 6.20. The summed E-state index contributed by atoms with van der Waals surface area (Å²) in [5.74, 6) is -3.45. The Morgan fingerprint density at radius 1 is 1.00 bits per heavy atom. The van der Waals surface area contributed by atoms with Gasteiger partial charge in [0.25, 0.3) is 17.5 Å². The number of amides is 2. The molecule has 0 fully saturated rings. The third kappa shape index (κ3) is 2.81. The van der Waals surface area contributed by atoms with Crippen LogP contribution in [0.1, 0.15) is 36.6 Å². The van der Waals surface area contributed by atoms with Crippen LogP contribution < -0.4 is 0 Å². The van der Waals surface area contributed by atoms with Crippen molar-refractivity contribution in [1.29, 1.82) is 0 Å². The Hall–Kier alpha value is -3.88. The van der Waals surface area contributed by atoms with Crippen molar-refractivity contribution in [3.05, 3.63) is 74.8 Å². The molecule has 0 aliphatic carbocycles. The molecule has 2 amide bonds. The Morgan fingerprint density at radius 3 is 2.31 bits per heavy atom. The van der Waals surface area contributed by atoms with Gasteiger partial charge in [-0.3, -0.25) is 34.2 Å². The van der Waals surface area contributed by atoms with Crippen LogP contribution in [0, 0.1) is 10.1 Å². The summed E-state index contributed by atoms with van der Waals surface area (Å²) in [6, 6.07) is 8.88. The Labute approximate surface area is 145 Å². The van der Waals surface area contributed by atoms with Crippen molar-refractivity contribution in [3.63, 3.8) is 0 Å². The molecule has 2 aromatic rings. The summed E-state index contributed by atoms with van der Waals surface area (Å²) in [5, 5.41) is 19.6. The van der Waals surface area contributed by atoms with E-state index in [-0.39, 0.29) is 27.9 Å². The molecule has 2 aromatic carbocycles. The standard InChI is InChI=1S/C17H10N2O7/c20-14(21)8-18-16(23)12-5-4-10(7-13(12)17(18)24)15(22)9-2-1-3-11(6-9)19(25)26/h1-7H,8H2,(H,20,21). The van der Waals surface area contributed by atoms with Gasteiger partial charge in [0.1, 0.15) is 6.54 Å². The quantitative estimate of drug-likeness (QED) is 0.372. The molecule has 0 radical (unpaired) electrons. The molecule has 26 heavy (non-hydrogen) atoms. The fourth-order valence-corrected chi connectivity index (χ4v) is 2.64. The Balaban J connectivity index is 1.97. The second-order valence-electron chi connectivity index (χ2n) is 5.49. The Bertz CT molecular complexity index is 996. The largest absolute Gasteiger partial charge is 0.480 e. The number of nitrogens with zero attached hydrogens (tertiary/aromatic N) is 2. The molecule has 0 saturated heterocycles. The highest BCUT2D eigenvalue weighted by atomic mass is 16.6. The first-order chi connectivity index (χ1) is 12.3. The molecule has 0 spiro atoms. The maximum absolute atomic E-state index is 12.5. The van der Waals surface area contributed by atoms with E-state index in [0.717, 1.165) is 6.07 Å². The maximum Gasteiger partial charge on any atom is 0.323 e. The summed E-state index contributed by atoms with van der Waals surface area (Å²) in [4.78, 5) is 58.4. The van der Waals surface area contributed by atoms with Gasteiger partial charge in [0.05, 0.1) is 16.1 Å². The van der Waals surface area contributed by atoms with E-state index in [9.17, 15) is 29.3 Å². The van der Waals surface area contributed by atoms with Crippen molar-refractivity contribution in [2.75, 3.05) is 6.54 Å². The van der Waals surface area contributed by atoms with Crippen LogP contribution in [0.4, 0.5) is 5.69 Å². The average Bonchev–Trinajstić information content (AvgIpc) is 2.85. The fourth-order valence-electron chi connectivity index (χ4n) is 2.64. The molecule has 1 aliphatic heterocycles. The van der Waals surface area contributed by atoms with Gasteiger partial charge >= 0.3 is 5.97 Å². The van der Waals surface area contributed by atoms with Crippen molar-refractivity contribution in [3.8, 4) is 0 Å². The van der Waals surface area contributed by atoms with Gasteiger partial charge in [-0.15, -0.1) is 0 Å². The van der Waals surface area contributed by atoms with Crippen LogP contribution in [0.2, 0.25) is 0 Å². The SMILES string of the molecule is O=C(O)CN1C(=O)c2ccc(C(=O)c3cccc([N+](=O)[O-])c3)cc2C1=O. The summed E-state index contributed by atoms with van der Waals surface area (Å²) in [6.45, 7) is -0.777. The topological polar surface area (TPSA) is 135 Å². The van der Waals surface area contributed by atoms with Gasteiger partial charge in [0.2, 0.25) is 0 Å². The van der Waals surface area contributed by atoms with E-state index in [1.807, 2.05) is 0 Å². The Kier molecular flexibility index (Phi) is 4.05. The number of benzene rings is 2. The summed E-state index contributed by atoms with van der Waals surface area (Å²) in [6.07, 6.45) is 0. The van der Waals surface area contributed by atoms with Crippen molar-refractivity contribution in [1.82, 2.24) is 4.90 Å². The van der Waals surface area contributed by atoms with Crippen molar-refractivity contribution in [2.24, 2.45) is 0 Å². The minimum Gasteiger partial charge on any atom is -0.480 e. The zero-order valence-corrected chi connectivity index (χ0v) is 13.0. The van der Waals surface area contributed by atoms with Gasteiger partial charge in [-0.2, -0.15) is 0 Å². The van der Waals surface area contributed by atoms with E-state index in [1.165, 1.54) is 36.4 Å². The molecule has 9 nitrogen and oxygen atoms in total. The van der Waals surface area contributed by atoms with Crippen molar-refractivity contribution in [2.45, 2.75) is 0 Å². The minimum atomic E-state index is -1.34. The highest BCUT2D eigenvalue weighted by molar-refractivity contribution is 6.23. The molecule has 3 rings (SSSR count). The number of ketones is 1. The number of imide groups is 1. The number of nitro benzene ring substituents is 1. The summed E-state index contributed by atoms with van der Waals surface area (Å²) >= 11 is 0. The summed E-state index contributed by atoms with van der Waals surface area (Å²) < 4.78 is 0. The molecule has 0 aromatic heterocycles. The summed E-state index contributed by atoms with van der Waals surface area (Å²) in [7, 11) is 0. The normalized spacial score (nSPS) is 12.8. The van der Waals surface area contributed by atoms with Gasteiger partial charge in [-0.1, -0.05) is 18.2 Å². The number of nitro groups is 1. The number of carbonyl (C=O) groups excluding carboxylic acids is 3. The average molecular weight is 354 g/mol. The number of aliphatic carboxylic acids is 1. The molecule has 0 unspecified atom stereocenters. The number of fused-ring (bicyclic) bond motifs is 1. The van der Waals surface area contributed by atoms with Gasteiger partial charge in [-0.25, -0.2) is 0 Å². The lowest BCUT2D eigenvalue weighted by Crippen LogP contribution is -2.34. The highest BCUT2D eigenvalue weighted by Gasteiger charge is 2.37. The van der Waals surface area contributed by atoms with Crippen LogP contribution in [0.5, 0.6) is 0 Å². The molecule has 0 saturated carbocycles. The van der Waals surface area contributed by atoms with Gasteiger partial charge < -0.3 is 5.11 Å². The summed E-state index contributed by atoms with van der Waals surface area (Å²) in [5.41, 5.74) is -0.212. The van der Waals surface area contributed by atoms with E-state index < -0.39 is 35.0 Å². The van der Waals surface area contributed by atoms with E-state index in [1.54, 1.807) is 0 Å². The molecule has 9 heteroatoms. The van der Waals surface area contributed by atoms with Gasteiger partial charge in [-0.05, 0) is 12.1 Å². The number of carboxylic acids is 1. The first kappa shape index (κ1) is 17.0. The van der Waals surface area contributed by atoms with E-state index in [4.69, 9.17) is 5.11 Å². The zero-order valence-electron chi connectivity index (χ0n) is 13.0. The predicted octanol–water partition coefficient (Wildman–Crippen LogP) is 1.51. The van der Waals surface area contributed by atoms with Crippen LogP contribution in [0.3, 0.4) is 0 Å². The number of carboxylic acid groups (broad SMARTS) is 1. The van der Waals surface area contributed by atoms with Crippen molar-refractivity contribution < 1.29 is 29.2 Å². The number of hydrogen-bond donors (Lipinski definition) is 1. The maximum atomic E-state index is 12.5. The zero-order chi connectivity index (χ0) is 19.0. The molecule has 1 aliphatic rings. The van der Waals surface area contributed by atoms with E-state index >= 15 is 0 Å². The molecule has 1 N–H and O–H groups in total. The van der Waals surface area contributed by atoms with Crippen molar-refractivity contribution >= 4 is 29.3 Å². The lowest BCUT2D eigenvalue weighted by atomic mass is 9.99. The monoisotopic (exact) mass is 354 g/mol. The number of rotatable bonds is 5. The number of non-ortho nitro benzene ring substituents is 1. The molecular weight excluding hydrogens is 344 g/mol. The first-order valence-electron chi connectivity index (χ1n) is 7.31. The van der Waals surface area contributed by atoms with E-state index in [2.05, 4.69) is 0 Å². The molecule has 1 heterocycles. The van der Waals surface area contributed by atoms with Crippen LogP contribution in [0.25, 0.3) is 0 Å². The van der Waals surface area contributed by atoms with Crippen LogP contribution in [-0.4, -0.2) is 45.0 Å².